The molecular weight excluding hydrogens is 232 g/mol. The lowest BCUT2D eigenvalue weighted by molar-refractivity contribution is 0.0805. The molecule has 19 heavy (non-hydrogen) atoms. The first-order valence-electron chi connectivity index (χ1n) is 8.44. The van der Waals surface area contributed by atoms with Crippen molar-refractivity contribution in [1.82, 2.24) is 10.2 Å². The fourth-order valence-corrected chi connectivity index (χ4v) is 2.90. The molecule has 0 spiro atoms. The molecule has 2 nitrogen and oxygen atoms in total. The molecule has 0 saturated carbocycles. The van der Waals surface area contributed by atoms with E-state index < -0.39 is 0 Å². The normalized spacial score (nSPS) is 14.1. The molecule has 0 aliphatic carbocycles. The highest BCUT2D eigenvalue weighted by molar-refractivity contribution is 4.82. The third-order valence-electron chi connectivity index (χ3n) is 3.96. The predicted octanol–water partition coefficient (Wildman–Crippen LogP) is 4.16. The lowest BCUT2D eigenvalue weighted by Crippen LogP contribution is -2.51. The van der Waals surface area contributed by atoms with Gasteiger partial charge in [0.2, 0.25) is 0 Å². The van der Waals surface area contributed by atoms with Gasteiger partial charge < -0.3 is 5.32 Å². The summed E-state index contributed by atoms with van der Waals surface area (Å²) in [5.74, 6) is 1.46. The van der Waals surface area contributed by atoms with E-state index in [-0.39, 0.29) is 0 Å². The molecule has 0 aromatic carbocycles. The maximum absolute atomic E-state index is 3.63. The SMILES string of the molecule is CCCNCC(C(C)C)N(CC(C)C)C(CC)CC. The van der Waals surface area contributed by atoms with E-state index in [9.17, 15) is 0 Å². The van der Waals surface area contributed by atoms with Crippen molar-refractivity contribution in [3.63, 3.8) is 0 Å². The molecule has 1 unspecified atom stereocenters. The van der Waals surface area contributed by atoms with Gasteiger partial charge in [0.25, 0.3) is 0 Å². The van der Waals surface area contributed by atoms with Gasteiger partial charge in [0.15, 0.2) is 0 Å². The van der Waals surface area contributed by atoms with Gasteiger partial charge in [-0.2, -0.15) is 0 Å². The smallest absolute Gasteiger partial charge is 0.0246 e. The Morgan fingerprint density at radius 3 is 1.89 bits per heavy atom. The quantitative estimate of drug-likeness (QED) is 0.567. The third kappa shape index (κ3) is 7.31. The maximum Gasteiger partial charge on any atom is 0.0246 e. The lowest BCUT2D eigenvalue weighted by atomic mass is 9.96. The summed E-state index contributed by atoms with van der Waals surface area (Å²) in [7, 11) is 0. The minimum Gasteiger partial charge on any atom is -0.315 e. The van der Waals surface area contributed by atoms with Gasteiger partial charge in [-0.15, -0.1) is 0 Å². The van der Waals surface area contributed by atoms with Crippen LogP contribution in [-0.4, -0.2) is 36.6 Å². The zero-order chi connectivity index (χ0) is 14.8. The number of hydrogen-bond acceptors (Lipinski definition) is 2. The minimum atomic E-state index is 0.666. The van der Waals surface area contributed by atoms with Gasteiger partial charge in [0, 0.05) is 25.2 Å². The third-order valence-corrected chi connectivity index (χ3v) is 3.96. The summed E-state index contributed by atoms with van der Waals surface area (Å²) in [5.41, 5.74) is 0. The molecule has 0 aromatic rings. The molecule has 1 atom stereocenters. The standard InChI is InChI=1S/C17H38N2/c1-8-11-18-12-17(15(6)7)19(13-14(4)5)16(9-2)10-3/h14-18H,8-13H2,1-7H3. The summed E-state index contributed by atoms with van der Waals surface area (Å²) >= 11 is 0. The van der Waals surface area contributed by atoms with Crippen molar-refractivity contribution in [2.24, 2.45) is 11.8 Å². The molecule has 0 radical (unpaired) electrons. The monoisotopic (exact) mass is 270 g/mol. The van der Waals surface area contributed by atoms with E-state index in [0.29, 0.717) is 12.0 Å². The summed E-state index contributed by atoms with van der Waals surface area (Å²) in [6, 6.07) is 1.40. The Balaban J connectivity index is 4.79. The van der Waals surface area contributed by atoms with Crippen molar-refractivity contribution in [3.05, 3.63) is 0 Å². The molecule has 0 saturated heterocycles. The van der Waals surface area contributed by atoms with Crippen LogP contribution in [-0.2, 0) is 0 Å². The molecule has 116 valence electrons. The lowest BCUT2D eigenvalue weighted by Gasteiger charge is -2.41. The molecule has 0 aromatic heterocycles. The first-order chi connectivity index (χ1) is 8.97. The first kappa shape index (κ1) is 18.9. The Hall–Kier alpha value is -0.0800. The van der Waals surface area contributed by atoms with Crippen molar-refractivity contribution in [2.75, 3.05) is 19.6 Å². The summed E-state index contributed by atoms with van der Waals surface area (Å²) < 4.78 is 0. The summed E-state index contributed by atoms with van der Waals surface area (Å²) in [5, 5.41) is 3.63. The van der Waals surface area contributed by atoms with Crippen LogP contribution in [0.2, 0.25) is 0 Å². The van der Waals surface area contributed by atoms with Crippen molar-refractivity contribution in [3.8, 4) is 0 Å². The Bertz CT molecular complexity index is 197. The number of hydrogen-bond donors (Lipinski definition) is 1. The number of rotatable bonds is 11. The van der Waals surface area contributed by atoms with Gasteiger partial charge in [0.05, 0.1) is 0 Å². The predicted molar refractivity (Wildman–Crippen MR) is 87.7 cm³/mol. The molecule has 0 fully saturated rings. The maximum atomic E-state index is 3.63. The first-order valence-corrected chi connectivity index (χ1v) is 8.44. The average Bonchev–Trinajstić information content (AvgIpc) is 2.34. The van der Waals surface area contributed by atoms with Crippen molar-refractivity contribution >= 4 is 0 Å². The van der Waals surface area contributed by atoms with E-state index in [1.807, 2.05) is 0 Å². The van der Waals surface area contributed by atoms with Gasteiger partial charge in [0.1, 0.15) is 0 Å². The molecule has 0 heterocycles. The Morgan fingerprint density at radius 1 is 0.947 bits per heavy atom. The van der Waals surface area contributed by atoms with Crippen LogP contribution < -0.4 is 5.32 Å². The van der Waals surface area contributed by atoms with Crippen LogP contribution in [0.15, 0.2) is 0 Å². The van der Waals surface area contributed by atoms with Gasteiger partial charge in [-0.1, -0.05) is 48.5 Å². The molecule has 0 aliphatic rings. The van der Waals surface area contributed by atoms with Crippen LogP contribution in [0.3, 0.4) is 0 Å². The molecule has 0 bridgehead atoms. The van der Waals surface area contributed by atoms with Crippen molar-refractivity contribution in [2.45, 2.75) is 79.8 Å². The average molecular weight is 271 g/mol. The Kier molecular flexibility index (Phi) is 10.6. The van der Waals surface area contributed by atoms with Crippen LogP contribution in [0, 0.1) is 11.8 Å². The van der Waals surface area contributed by atoms with Crippen molar-refractivity contribution in [1.29, 1.82) is 0 Å². The van der Waals surface area contributed by atoms with E-state index >= 15 is 0 Å². The van der Waals surface area contributed by atoms with Crippen LogP contribution in [0.1, 0.15) is 67.7 Å². The topological polar surface area (TPSA) is 15.3 Å². The van der Waals surface area contributed by atoms with E-state index in [2.05, 4.69) is 58.7 Å². The van der Waals surface area contributed by atoms with Crippen LogP contribution >= 0.6 is 0 Å². The second kappa shape index (κ2) is 10.7. The van der Waals surface area contributed by atoms with Gasteiger partial charge in [-0.3, -0.25) is 4.90 Å². The molecule has 0 aliphatic heterocycles. The van der Waals surface area contributed by atoms with Gasteiger partial charge in [-0.25, -0.2) is 0 Å². The van der Waals surface area contributed by atoms with E-state index in [0.717, 1.165) is 25.0 Å². The van der Waals surface area contributed by atoms with Gasteiger partial charge in [-0.05, 0) is 37.6 Å². The largest absolute Gasteiger partial charge is 0.315 e. The summed E-state index contributed by atoms with van der Waals surface area (Å²) in [6.45, 7) is 19.8. The van der Waals surface area contributed by atoms with Crippen molar-refractivity contribution < 1.29 is 0 Å². The van der Waals surface area contributed by atoms with E-state index in [1.165, 1.54) is 25.8 Å². The molecular formula is C17H38N2. The summed E-state index contributed by atoms with van der Waals surface area (Å²) in [6.07, 6.45) is 3.75. The summed E-state index contributed by atoms with van der Waals surface area (Å²) in [4.78, 5) is 2.78. The van der Waals surface area contributed by atoms with Crippen LogP contribution in [0.5, 0.6) is 0 Å². The Morgan fingerprint density at radius 2 is 1.53 bits per heavy atom. The van der Waals surface area contributed by atoms with Crippen LogP contribution in [0.25, 0.3) is 0 Å². The second-order valence-corrected chi connectivity index (χ2v) is 6.58. The number of nitrogens with zero attached hydrogens (tertiary/aromatic N) is 1. The van der Waals surface area contributed by atoms with E-state index in [4.69, 9.17) is 0 Å². The highest BCUT2D eigenvalue weighted by atomic mass is 15.2. The minimum absolute atomic E-state index is 0.666. The van der Waals surface area contributed by atoms with Crippen LogP contribution in [0.4, 0.5) is 0 Å². The highest BCUT2D eigenvalue weighted by Crippen LogP contribution is 2.20. The highest BCUT2D eigenvalue weighted by Gasteiger charge is 2.26. The van der Waals surface area contributed by atoms with Gasteiger partial charge >= 0.3 is 0 Å². The number of nitrogens with one attached hydrogen (secondary N) is 1. The molecule has 2 heteroatoms. The molecule has 0 amide bonds. The fourth-order valence-electron chi connectivity index (χ4n) is 2.90. The fraction of sp³-hybridized carbons (Fsp3) is 1.00. The molecule has 1 N–H and O–H groups in total. The second-order valence-electron chi connectivity index (χ2n) is 6.58. The van der Waals surface area contributed by atoms with E-state index in [1.54, 1.807) is 0 Å². The molecule has 0 rings (SSSR count). The zero-order valence-electron chi connectivity index (χ0n) is 14.5. The zero-order valence-corrected chi connectivity index (χ0v) is 14.5. The Labute approximate surface area is 122 Å².